The molecule has 0 saturated carbocycles. The van der Waals surface area contributed by atoms with Crippen LogP contribution in [0.1, 0.15) is 18.9 Å². The lowest BCUT2D eigenvalue weighted by atomic mass is 9.90. The topological polar surface area (TPSA) is 95.4 Å². The van der Waals surface area contributed by atoms with Gasteiger partial charge in [-0.3, -0.25) is 10.1 Å². The molecule has 1 unspecified atom stereocenters. The van der Waals surface area contributed by atoms with Crippen molar-refractivity contribution in [1.82, 2.24) is 14.3 Å². The molecule has 3 rings (SSSR count). The van der Waals surface area contributed by atoms with E-state index in [2.05, 4.69) is 14.7 Å². The first-order valence-corrected chi connectivity index (χ1v) is 9.52. The minimum Gasteiger partial charge on any atom is -0.481 e. The van der Waals surface area contributed by atoms with Crippen LogP contribution in [0.25, 0.3) is 0 Å². The molecule has 25 heavy (non-hydrogen) atoms. The van der Waals surface area contributed by atoms with Crippen LogP contribution in [0.2, 0.25) is 0 Å². The molecule has 1 aromatic heterocycles. The second-order valence-corrected chi connectivity index (χ2v) is 7.82. The molecule has 1 fully saturated rings. The Bertz CT molecular complexity index is 768. The molecule has 0 spiro atoms. The zero-order valence-corrected chi connectivity index (χ0v) is 15.3. The van der Waals surface area contributed by atoms with E-state index in [0.29, 0.717) is 23.3 Å². The summed E-state index contributed by atoms with van der Waals surface area (Å²) in [6, 6.07) is 9.68. The Morgan fingerprint density at radius 1 is 1.40 bits per heavy atom. The molecule has 2 amide bonds. The number of rotatable bonds is 5. The Labute approximate surface area is 153 Å². The second-order valence-electron chi connectivity index (χ2n) is 6.12. The van der Waals surface area contributed by atoms with E-state index in [1.54, 1.807) is 6.92 Å². The Balaban J connectivity index is 1.53. The van der Waals surface area contributed by atoms with Crippen LogP contribution < -0.4 is 5.32 Å². The molecule has 1 atom stereocenters. The van der Waals surface area contributed by atoms with E-state index in [0.717, 1.165) is 17.3 Å². The number of nitrogens with zero attached hydrogens (tertiary/aromatic N) is 3. The number of likely N-dealkylation sites (tertiary alicyclic amines) is 1. The maximum absolute atomic E-state index is 12.3. The molecule has 1 aromatic carbocycles. The van der Waals surface area contributed by atoms with Crippen molar-refractivity contribution in [2.75, 3.05) is 18.4 Å². The molecule has 0 bridgehead atoms. The summed E-state index contributed by atoms with van der Waals surface area (Å²) in [6.45, 7) is 2.28. The molecule has 1 saturated heterocycles. The molecule has 7 nitrogen and oxygen atoms in total. The zero-order valence-electron chi connectivity index (χ0n) is 13.6. The van der Waals surface area contributed by atoms with E-state index < -0.39 is 11.4 Å². The maximum Gasteiger partial charge on any atom is 0.323 e. The van der Waals surface area contributed by atoms with Crippen LogP contribution in [0.3, 0.4) is 0 Å². The van der Waals surface area contributed by atoms with E-state index in [1.165, 1.54) is 22.2 Å². The van der Waals surface area contributed by atoms with Crippen molar-refractivity contribution in [2.45, 2.75) is 24.3 Å². The van der Waals surface area contributed by atoms with Gasteiger partial charge in [0, 0.05) is 30.4 Å². The Kier molecular flexibility index (Phi) is 5.24. The van der Waals surface area contributed by atoms with E-state index in [-0.39, 0.29) is 12.6 Å². The van der Waals surface area contributed by atoms with Gasteiger partial charge in [0.15, 0.2) is 0 Å². The lowest BCUT2D eigenvalue weighted by Crippen LogP contribution is -2.37. The molecule has 9 heteroatoms. The lowest BCUT2D eigenvalue weighted by Gasteiger charge is -2.19. The highest BCUT2D eigenvalue weighted by Crippen LogP contribution is 2.31. The van der Waals surface area contributed by atoms with Gasteiger partial charge < -0.3 is 10.0 Å². The number of hydrogen-bond donors (Lipinski definition) is 2. The third-order valence-electron chi connectivity index (χ3n) is 4.11. The van der Waals surface area contributed by atoms with Gasteiger partial charge in [-0.1, -0.05) is 42.1 Å². The Hall–Kier alpha value is -2.13. The van der Waals surface area contributed by atoms with E-state index >= 15 is 0 Å². The summed E-state index contributed by atoms with van der Waals surface area (Å²) in [5.41, 5.74) is 0.299. The SMILES string of the molecule is CC1(C(=O)O)CCN(C(=O)Nc2nc(SCc3ccccc3)ns2)C1. The van der Waals surface area contributed by atoms with Crippen molar-refractivity contribution >= 4 is 40.4 Å². The van der Waals surface area contributed by atoms with E-state index in [9.17, 15) is 14.7 Å². The quantitative estimate of drug-likeness (QED) is 0.776. The largest absolute Gasteiger partial charge is 0.481 e. The number of nitrogens with one attached hydrogen (secondary N) is 1. The molecule has 2 aromatic rings. The van der Waals surface area contributed by atoms with Gasteiger partial charge in [0.25, 0.3) is 0 Å². The number of aromatic nitrogens is 2. The number of carboxylic acids is 1. The van der Waals surface area contributed by atoms with Crippen molar-refractivity contribution in [1.29, 1.82) is 0 Å². The number of hydrogen-bond acceptors (Lipinski definition) is 6. The number of amides is 2. The number of anilines is 1. The molecule has 0 radical (unpaired) electrons. The van der Waals surface area contributed by atoms with Crippen LogP contribution in [-0.2, 0) is 10.5 Å². The van der Waals surface area contributed by atoms with Gasteiger partial charge >= 0.3 is 12.0 Å². The van der Waals surface area contributed by atoms with Crippen molar-refractivity contribution < 1.29 is 14.7 Å². The monoisotopic (exact) mass is 378 g/mol. The molecular weight excluding hydrogens is 360 g/mol. The number of aliphatic carboxylic acids is 1. The smallest absolute Gasteiger partial charge is 0.323 e. The fourth-order valence-corrected chi connectivity index (χ4v) is 4.01. The number of carbonyl (C=O) groups excluding carboxylic acids is 1. The minimum absolute atomic E-state index is 0.197. The van der Waals surface area contributed by atoms with Crippen molar-refractivity contribution in [3.8, 4) is 0 Å². The lowest BCUT2D eigenvalue weighted by molar-refractivity contribution is -0.146. The first-order valence-electron chi connectivity index (χ1n) is 7.76. The number of carboxylic acid groups (broad SMARTS) is 1. The summed E-state index contributed by atoms with van der Waals surface area (Å²) < 4.78 is 4.23. The average molecular weight is 378 g/mol. The summed E-state index contributed by atoms with van der Waals surface area (Å²) in [6.07, 6.45) is 0.448. The van der Waals surface area contributed by atoms with Gasteiger partial charge in [0.1, 0.15) is 0 Å². The van der Waals surface area contributed by atoms with Crippen LogP contribution in [0.5, 0.6) is 0 Å². The third kappa shape index (κ3) is 4.29. The Morgan fingerprint density at radius 3 is 2.84 bits per heavy atom. The summed E-state index contributed by atoms with van der Waals surface area (Å²) in [4.78, 5) is 29.3. The summed E-state index contributed by atoms with van der Waals surface area (Å²) >= 11 is 2.62. The maximum atomic E-state index is 12.3. The van der Waals surface area contributed by atoms with Gasteiger partial charge in [-0.05, 0) is 18.9 Å². The highest BCUT2D eigenvalue weighted by molar-refractivity contribution is 7.98. The van der Waals surface area contributed by atoms with Gasteiger partial charge in [-0.15, -0.1) is 0 Å². The minimum atomic E-state index is -0.880. The van der Waals surface area contributed by atoms with Crippen LogP contribution in [-0.4, -0.2) is 44.5 Å². The molecule has 2 N–H and O–H groups in total. The van der Waals surface area contributed by atoms with Crippen LogP contribution in [0.15, 0.2) is 35.5 Å². The van der Waals surface area contributed by atoms with E-state index in [1.807, 2.05) is 30.3 Å². The normalized spacial score (nSPS) is 19.8. The first kappa shape index (κ1) is 17.7. The molecule has 1 aliphatic heterocycles. The first-order chi connectivity index (χ1) is 12.0. The molecule has 1 aliphatic rings. The van der Waals surface area contributed by atoms with Gasteiger partial charge in [0.2, 0.25) is 10.3 Å². The Morgan fingerprint density at radius 2 is 2.16 bits per heavy atom. The summed E-state index contributed by atoms with van der Waals surface area (Å²) in [5, 5.41) is 13.0. The highest BCUT2D eigenvalue weighted by atomic mass is 32.2. The zero-order chi connectivity index (χ0) is 17.9. The van der Waals surface area contributed by atoms with Crippen LogP contribution in [0, 0.1) is 5.41 Å². The van der Waals surface area contributed by atoms with Crippen molar-refractivity contribution in [3.05, 3.63) is 35.9 Å². The van der Waals surface area contributed by atoms with Gasteiger partial charge in [0.05, 0.1) is 5.41 Å². The van der Waals surface area contributed by atoms with Crippen molar-refractivity contribution in [3.63, 3.8) is 0 Å². The number of benzene rings is 1. The van der Waals surface area contributed by atoms with E-state index in [4.69, 9.17) is 0 Å². The predicted molar refractivity (Wildman–Crippen MR) is 96.9 cm³/mol. The fourth-order valence-electron chi connectivity index (χ4n) is 2.52. The summed E-state index contributed by atoms with van der Waals surface area (Å²) in [5.74, 6) is -0.119. The van der Waals surface area contributed by atoms with Crippen molar-refractivity contribution in [2.24, 2.45) is 5.41 Å². The van der Waals surface area contributed by atoms with Crippen LogP contribution in [0.4, 0.5) is 9.93 Å². The second kappa shape index (κ2) is 7.40. The molecule has 2 heterocycles. The number of thioether (sulfide) groups is 1. The number of urea groups is 1. The average Bonchev–Trinajstić information content (AvgIpc) is 3.21. The molecule has 132 valence electrons. The van der Waals surface area contributed by atoms with Gasteiger partial charge in [-0.2, -0.15) is 9.36 Å². The summed E-state index contributed by atoms with van der Waals surface area (Å²) in [7, 11) is 0. The van der Waals surface area contributed by atoms with Crippen LogP contribution >= 0.6 is 23.3 Å². The predicted octanol–water partition coefficient (Wildman–Crippen LogP) is 3.16. The fraction of sp³-hybridized carbons (Fsp3) is 0.375. The highest BCUT2D eigenvalue weighted by Gasteiger charge is 2.42. The third-order valence-corrected chi connectivity index (χ3v) is 5.77. The van der Waals surface area contributed by atoms with Gasteiger partial charge in [-0.25, -0.2) is 4.79 Å². The standard InChI is InChI=1S/C16H18N4O3S2/c1-16(12(21)22)7-8-20(10-16)15(23)18-13-17-14(19-25-13)24-9-11-5-3-2-4-6-11/h2-6H,7-10H2,1H3,(H,21,22)(H,17,18,19,23). The number of carbonyl (C=O) groups is 2. The molecule has 0 aliphatic carbocycles. The molecular formula is C16H18N4O3S2.